The smallest absolute Gasteiger partial charge is 0.355 e. The number of benzene rings is 1. The van der Waals surface area contributed by atoms with E-state index in [-0.39, 0.29) is 48.2 Å². The van der Waals surface area contributed by atoms with Crippen LogP contribution in [0, 0.1) is 12.3 Å². The van der Waals surface area contributed by atoms with Crippen molar-refractivity contribution in [1.82, 2.24) is 25.0 Å². The molecular formula is C36H42F3N5O4. The highest BCUT2D eigenvalue weighted by atomic mass is 19.4. The first-order valence-corrected chi connectivity index (χ1v) is 16.9. The summed E-state index contributed by atoms with van der Waals surface area (Å²) in [7, 11) is 0. The standard InChI is InChI=1S/C36H42F3N5O4/c1-20(2)24-13-23-9-7-5-6-8-10-31(47)40-19-35-16-27(28(46)15-26-21(3)11-12-29(41-26)36(37,38)39)44(30(35)17-35)32(48)18-43-34(23)25(14-24)33(42-43)22(4)45/h11-14,20,27,30H,5-10,15-19H2,1-4H3,(H,40,47)/t27-,30+,35-/m0/s1. The van der Waals surface area contributed by atoms with E-state index in [0.717, 1.165) is 48.4 Å². The minimum atomic E-state index is -4.66. The van der Waals surface area contributed by atoms with Gasteiger partial charge in [-0.2, -0.15) is 18.3 Å². The molecule has 4 heterocycles. The molecule has 0 unspecified atom stereocenters. The molecule has 2 fully saturated rings. The third-order valence-corrected chi connectivity index (χ3v) is 10.4. The summed E-state index contributed by atoms with van der Waals surface area (Å²) in [5.41, 5.74) is 1.99. The zero-order valence-electron chi connectivity index (χ0n) is 27.9. The average Bonchev–Trinajstić information content (AvgIpc) is 3.42. The lowest BCUT2D eigenvalue weighted by Crippen LogP contribution is -2.45. The van der Waals surface area contributed by atoms with Crippen LogP contribution in [0.25, 0.3) is 10.9 Å². The zero-order valence-corrected chi connectivity index (χ0v) is 27.9. The number of carbonyl (C=O) groups is 4. The monoisotopic (exact) mass is 665 g/mol. The summed E-state index contributed by atoms with van der Waals surface area (Å²) in [6, 6.07) is 5.09. The number of alkyl halides is 3. The molecule has 1 aliphatic carbocycles. The number of nitrogens with zero attached hydrogens (tertiary/aromatic N) is 4. The maximum atomic E-state index is 14.3. The number of aromatic nitrogens is 3. The number of hydrogen-bond acceptors (Lipinski definition) is 6. The van der Waals surface area contributed by atoms with E-state index in [2.05, 4.69) is 35.3 Å². The number of carbonyl (C=O) groups excluding carboxylic acids is 4. The fraction of sp³-hybridized carbons (Fsp3) is 0.556. The third kappa shape index (κ3) is 6.50. The van der Waals surface area contributed by atoms with Crippen LogP contribution >= 0.6 is 0 Å². The normalized spacial score (nSPS) is 23.6. The Hall–Kier alpha value is -4.09. The second kappa shape index (κ2) is 12.7. The van der Waals surface area contributed by atoms with Gasteiger partial charge in [0.15, 0.2) is 11.6 Å². The van der Waals surface area contributed by atoms with Gasteiger partial charge in [0.2, 0.25) is 11.8 Å². The second-order valence-corrected chi connectivity index (χ2v) is 14.2. The van der Waals surface area contributed by atoms with Crippen molar-refractivity contribution in [3.8, 4) is 0 Å². The maximum Gasteiger partial charge on any atom is 0.433 e. The molecule has 12 heteroatoms. The van der Waals surface area contributed by atoms with E-state index in [9.17, 15) is 32.3 Å². The van der Waals surface area contributed by atoms with Gasteiger partial charge in [0.25, 0.3) is 0 Å². The number of Topliss-reactive ketones (excluding diaryl/α,β-unsaturated/α-hetero) is 2. The Kier molecular flexibility index (Phi) is 8.97. The van der Waals surface area contributed by atoms with E-state index in [1.54, 1.807) is 16.5 Å². The summed E-state index contributed by atoms with van der Waals surface area (Å²) in [4.78, 5) is 59.2. The number of aryl methyl sites for hydroxylation is 2. The van der Waals surface area contributed by atoms with Crippen molar-refractivity contribution >= 4 is 34.3 Å². The van der Waals surface area contributed by atoms with Gasteiger partial charge in [0.1, 0.15) is 17.9 Å². The molecule has 0 spiro atoms. The largest absolute Gasteiger partial charge is 0.433 e. The van der Waals surface area contributed by atoms with Crippen molar-refractivity contribution in [1.29, 1.82) is 0 Å². The number of rotatable bonds is 5. The second-order valence-electron chi connectivity index (χ2n) is 14.2. The van der Waals surface area contributed by atoms with E-state index < -0.39 is 29.1 Å². The summed E-state index contributed by atoms with van der Waals surface area (Å²) in [5, 5.41) is 8.39. The molecule has 2 aromatic heterocycles. The molecule has 2 amide bonds. The number of hydrogen-bond donors (Lipinski definition) is 1. The van der Waals surface area contributed by atoms with Gasteiger partial charge in [-0.05, 0) is 73.8 Å². The van der Waals surface area contributed by atoms with Crippen LogP contribution in [0.1, 0.15) is 110 Å². The van der Waals surface area contributed by atoms with Gasteiger partial charge < -0.3 is 10.2 Å². The molecule has 2 bridgehead atoms. The lowest BCUT2D eigenvalue weighted by atomic mass is 9.94. The van der Waals surface area contributed by atoms with Crippen molar-refractivity contribution in [3.05, 3.63) is 58.0 Å². The fourth-order valence-corrected chi connectivity index (χ4v) is 7.56. The van der Waals surface area contributed by atoms with Crippen molar-refractivity contribution in [2.45, 2.75) is 116 Å². The molecule has 6 rings (SSSR count). The van der Waals surface area contributed by atoms with Gasteiger partial charge in [-0.3, -0.25) is 23.9 Å². The summed E-state index contributed by atoms with van der Waals surface area (Å²) in [6.45, 7) is 7.34. The molecule has 1 saturated carbocycles. The van der Waals surface area contributed by atoms with Crippen LogP contribution in [-0.4, -0.2) is 61.7 Å². The number of halogens is 3. The van der Waals surface area contributed by atoms with Crippen LogP contribution in [0.2, 0.25) is 0 Å². The van der Waals surface area contributed by atoms with Crippen LogP contribution in [0.15, 0.2) is 24.3 Å². The van der Waals surface area contributed by atoms with Crippen LogP contribution in [0.5, 0.6) is 0 Å². The molecule has 9 nitrogen and oxygen atoms in total. The Labute approximate surface area is 277 Å². The Morgan fingerprint density at radius 2 is 1.79 bits per heavy atom. The molecule has 1 saturated heterocycles. The average molecular weight is 666 g/mol. The Balaban J connectivity index is 1.39. The number of nitrogens with one attached hydrogen (secondary N) is 1. The van der Waals surface area contributed by atoms with Crippen LogP contribution in [0.4, 0.5) is 13.2 Å². The Bertz CT molecular complexity index is 1800. The lowest BCUT2D eigenvalue weighted by molar-refractivity contribution is -0.141. The minimum absolute atomic E-state index is 0.0226. The summed E-state index contributed by atoms with van der Waals surface area (Å²) in [5.74, 6) is -0.843. The van der Waals surface area contributed by atoms with Crippen molar-refractivity contribution < 1.29 is 32.3 Å². The van der Waals surface area contributed by atoms with Gasteiger partial charge in [-0.1, -0.05) is 38.8 Å². The molecule has 1 aromatic carbocycles. The van der Waals surface area contributed by atoms with Gasteiger partial charge in [-0.15, -0.1) is 0 Å². The van der Waals surface area contributed by atoms with Gasteiger partial charge in [0, 0.05) is 36.7 Å². The maximum absolute atomic E-state index is 14.3. The number of amides is 2. The molecule has 3 aliphatic rings. The first-order chi connectivity index (χ1) is 22.7. The molecule has 1 N–H and O–H groups in total. The third-order valence-electron chi connectivity index (χ3n) is 10.4. The molecule has 48 heavy (non-hydrogen) atoms. The molecule has 0 radical (unpaired) electrons. The van der Waals surface area contributed by atoms with E-state index in [1.807, 2.05) is 6.07 Å². The molecular weight excluding hydrogens is 623 g/mol. The van der Waals surface area contributed by atoms with Crippen molar-refractivity contribution in [2.75, 3.05) is 6.54 Å². The lowest BCUT2D eigenvalue weighted by Gasteiger charge is -2.27. The van der Waals surface area contributed by atoms with E-state index in [0.29, 0.717) is 48.9 Å². The van der Waals surface area contributed by atoms with Crippen LogP contribution in [-0.2, 0) is 39.9 Å². The highest BCUT2D eigenvalue weighted by Gasteiger charge is 2.66. The highest BCUT2D eigenvalue weighted by Crippen LogP contribution is 2.59. The Morgan fingerprint density at radius 1 is 1.06 bits per heavy atom. The summed E-state index contributed by atoms with van der Waals surface area (Å²) in [6.07, 6.45) is 0.387. The summed E-state index contributed by atoms with van der Waals surface area (Å²) >= 11 is 0. The van der Waals surface area contributed by atoms with Crippen LogP contribution < -0.4 is 5.32 Å². The quantitative estimate of drug-likeness (QED) is 0.341. The first kappa shape index (κ1) is 33.8. The highest BCUT2D eigenvalue weighted by molar-refractivity contribution is 6.06. The predicted octanol–water partition coefficient (Wildman–Crippen LogP) is 5.88. The molecule has 3 aromatic rings. The van der Waals surface area contributed by atoms with E-state index >= 15 is 0 Å². The Morgan fingerprint density at radius 3 is 2.48 bits per heavy atom. The van der Waals surface area contributed by atoms with Gasteiger partial charge in [0.05, 0.1) is 23.7 Å². The number of ketones is 2. The molecule has 256 valence electrons. The van der Waals surface area contributed by atoms with E-state index in [1.165, 1.54) is 13.0 Å². The number of piperidine rings is 1. The molecule has 3 atom stereocenters. The van der Waals surface area contributed by atoms with Crippen molar-refractivity contribution in [3.63, 3.8) is 0 Å². The van der Waals surface area contributed by atoms with Crippen LogP contribution in [0.3, 0.4) is 0 Å². The molecule has 2 aliphatic heterocycles. The minimum Gasteiger partial charge on any atom is -0.355 e. The fourth-order valence-electron chi connectivity index (χ4n) is 7.56. The topological polar surface area (TPSA) is 114 Å². The number of pyridine rings is 1. The SMILES string of the molecule is CC(=O)c1nn2c3c(cc(C(C)C)cc13)CCCCCCC(=O)NC[C@@]13C[C@@H](C(=O)Cc4nc(C(F)(F)F)ccc4C)N(C(=O)C2)[C@@H]1C3. The van der Waals surface area contributed by atoms with E-state index in [4.69, 9.17) is 0 Å². The zero-order chi connectivity index (χ0) is 34.5. The van der Waals surface area contributed by atoms with Crippen molar-refractivity contribution in [2.24, 2.45) is 5.41 Å². The first-order valence-electron chi connectivity index (χ1n) is 16.9. The summed E-state index contributed by atoms with van der Waals surface area (Å²) < 4.78 is 42.0. The van der Waals surface area contributed by atoms with Gasteiger partial charge >= 0.3 is 6.18 Å². The van der Waals surface area contributed by atoms with Gasteiger partial charge in [-0.25, -0.2) is 4.98 Å². The predicted molar refractivity (Wildman–Crippen MR) is 172 cm³/mol.